The highest BCUT2D eigenvalue weighted by Gasteiger charge is 2.08. The molecule has 0 fully saturated rings. The lowest BCUT2D eigenvalue weighted by atomic mass is 10.2. The van der Waals surface area contributed by atoms with Crippen molar-refractivity contribution in [3.05, 3.63) is 83.4 Å². The van der Waals surface area contributed by atoms with Crippen molar-refractivity contribution in [2.75, 3.05) is 0 Å². The molecule has 0 bridgehead atoms. The summed E-state index contributed by atoms with van der Waals surface area (Å²) in [6.45, 7) is 0.352. The Hall–Kier alpha value is -4.08. The lowest BCUT2D eigenvalue weighted by Gasteiger charge is -2.07. The molecule has 2 aromatic carbocycles. The van der Waals surface area contributed by atoms with E-state index in [1.807, 2.05) is 60.7 Å². The molecule has 30 heavy (non-hydrogen) atoms. The molecule has 0 spiro atoms. The van der Waals surface area contributed by atoms with Crippen LogP contribution in [0.1, 0.15) is 22.8 Å². The van der Waals surface area contributed by atoms with Gasteiger partial charge < -0.3 is 20.1 Å². The van der Waals surface area contributed by atoms with Crippen molar-refractivity contribution in [1.29, 1.82) is 0 Å². The second kappa shape index (κ2) is 11.1. The first-order valence-electron chi connectivity index (χ1n) is 9.13. The summed E-state index contributed by atoms with van der Waals surface area (Å²) in [7, 11) is 0. The van der Waals surface area contributed by atoms with Gasteiger partial charge in [0.15, 0.2) is 11.6 Å². The third kappa shape index (κ3) is 7.15. The number of carbonyl (C=O) groups excluding carboxylic acids is 2. The Balaban J connectivity index is 1.34. The standard InChI is InChI=1S/C20H20N6O4/c27-19(29-13-15-7-3-1-4-8-15)21-11-17-23-25-18(26-24-17)12-22-20(28)30-14-16-9-5-2-6-10-16/h1-10H,11-14H2,(H,21,27)(H,22,28). The van der Waals surface area contributed by atoms with E-state index in [1.54, 1.807) is 0 Å². The van der Waals surface area contributed by atoms with Gasteiger partial charge in [0, 0.05) is 0 Å². The Kier molecular flexibility index (Phi) is 7.61. The summed E-state index contributed by atoms with van der Waals surface area (Å²) in [6.07, 6.45) is -1.20. The summed E-state index contributed by atoms with van der Waals surface area (Å²) < 4.78 is 10.2. The van der Waals surface area contributed by atoms with Crippen molar-refractivity contribution in [2.24, 2.45) is 0 Å². The maximum Gasteiger partial charge on any atom is 0.407 e. The number of hydrogen-bond donors (Lipinski definition) is 2. The Morgan fingerprint density at radius 2 is 1.00 bits per heavy atom. The topological polar surface area (TPSA) is 128 Å². The van der Waals surface area contributed by atoms with E-state index in [4.69, 9.17) is 9.47 Å². The minimum Gasteiger partial charge on any atom is -0.445 e. The molecule has 1 heterocycles. The summed E-state index contributed by atoms with van der Waals surface area (Å²) in [5.41, 5.74) is 1.76. The number of alkyl carbamates (subject to hydrolysis) is 2. The molecule has 0 radical (unpaired) electrons. The predicted molar refractivity (Wildman–Crippen MR) is 105 cm³/mol. The van der Waals surface area contributed by atoms with Gasteiger partial charge in [0.2, 0.25) is 0 Å². The molecule has 0 aliphatic heterocycles. The number of rotatable bonds is 8. The average molecular weight is 408 g/mol. The zero-order valence-electron chi connectivity index (χ0n) is 16.0. The quantitative estimate of drug-likeness (QED) is 0.580. The average Bonchev–Trinajstić information content (AvgIpc) is 2.80. The fourth-order valence-corrected chi connectivity index (χ4v) is 2.26. The largest absolute Gasteiger partial charge is 0.445 e. The second-order valence-corrected chi connectivity index (χ2v) is 6.06. The number of benzene rings is 2. The predicted octanol–water partition coefficient (Wildman–Crippen LogP) is 2.12. The molecule has 2 amide bonds. The summed E-state index contributed by atoms with van der Waals surface area (Å²) in [6, 6.07) is 18.6. The minimum atomic E-state index is -0.602. The first kappa shape index (κ1) is 20.6. The molecule has 3 aromatic rings. The van der Waals surface area contributed by atoms with Crippen molar-refractivity contribution >= 4 is 12.2 Å². The highest BCUT2D eigenvalue weighted by molar-refractivity contribution is 5.67. The molecule has 0 saturated carbocycles. The Morgan fingerprint density at radius 1 is 0.633 bits per heavy atom. The number of ether oxygens (including phenoxy) is 2. The molecule has 0 aliphatic rings. The van der Waals surface area contributed by atoms with E-state index in [2.05, 4.69) is 31.0 Å². The van der Waals surface area contributed by atoms with Crippen molar-refractivity contribution < 1.29 is 19.1 Å². The fraction of sp³-hybridized carbons (Fsp3) is 0.200. The monoisotopic (exact) mass is 408 g/mol. The van der Waals surface area contributed by atoms with Gasteiger partial charge in [0.05, 0.1) is 13.1 Å². The molecule has 2 N–H and O–H groups in total. The van der Waals surface area contributed by atoms with Crippen molar-refractivity contribution in [3.8, 4) is 0 Å². The first-order valence-corrected chi connectivity index (χ1v) is 9.13. The van der Waals surface area contributed by atoms with E-state index >= 15 is 0 Å². The molecule has 3 rings (SSSR count). The van der Waals surface area contributed by atoms with Crippen LogP contribution < -0.4 is 10.6 Å². The molecular formula is C20H20N6O4. The molecule has 154 valence electrons. The van der Waals surface area contributed by atoms with E-state index < -0.39 is 12.2 Å². The number of hydrogen-bond acceptors (Lipinski definition) is 8. The molecular weight excluding hydrogens is 388 g/mol. The highest BCUT2D eigenvalue weighted by atomic mass is 16.6. The van der Waals surface area contributed by atoms with Gasteiger partial charge in [0.1, 0.15) is 13.2 Å². The van der Waals surface area contributed by atoms with Crippen LogP contribution in [0.25, 0.3) is 0 Å². The van der Waals surface area contributed by atoms with Gasteiger partial charge in [-0.1, -0.05) is 60.7 Å². The summed E-state index contributed by atoms with van der Waals surface area (Å²) in [5, 5.41) is 20.4. The zero-order valence-corrected chi connectivity index (χ0v) is 16.0. The zero-order chi connectivity index (χ0) is 21.0. The van der Waals surface area contributed by atoms with Gasteiger partial charge in [-0.25, -0.2) is 9.59 Å². The normalized spacial score (nSPS) is 10.1. The van der Waals surface area contributed by atoms with Crippen molar-refractivity contribution in [3.63, 3.8) is 0 Å². The van der Waals surface area contributed by atoms with Crippen LogP contribution in [0, 0.1) is 0 Å². The van der Waals surface area contributed by atoms with Crippen molar-refractivity contribution in [1.82, 2.24) is 31.0 Å². The lowest BCUT2D eigenvalue weighted by molar-refractivity contribution is 0.137. The number of aromatic nitrogens is 4. The van der Waals surface area contributed by atoms with E-state index in [0.29, 0.717) is 0 Å². The minimum absolute atomic E-state index is 0.0143. The van der Waals surface area contributed by atoms with Gasteiger partial charge in [-0.15, -0.1) is 20.4 Å². The van der Waals surface area contributed by atoms with Gasteiger partial charge in [-0.05, 0) is 11.1 Å². The summed E-state index contributed by atoms with van der Waals surface area (Å²) >= 11 is 0. The van der Waals surface area contributed by atoms with Gasteiger partial charge >= 0.3 is 12.2 Å². The van der Waals surface area contributed by atoms with E-state index in [0.717, 1.165) is 11.1 Å². The highest BCUT2D eigenvalue weighted by Crippen LogP contribution is 2.01. The van der Waals surface area contributed by atoms with Crippen LogP contribution in [0.4, 0.5) is 9.59 Å². The van der Waals surface area contributed by atoms with Crippen LogP contribution in [0.2, 0.25) is 0 Å². The summed E-state index contributed by atoms with van der Waals surface area (Å²) in [5.74, 6) is 0.420. The molecule has 0 atom stereocenters. The van der Waals surface area contributed by atoms with Gasteiger partial charge in [-0.2, -0.15) is 0 Å². The van der Waals surface area contributed by atoms with Gasteiger partial charge in [0.25, 0.3) is 0 Å². The van der Waals surface area contributed by atoms with Gasteiger partial charge in [-0.3, -0.25) is 0 Å². The first-order chi connectivity index (χ1) is 14.7. The number of nitrogens with zero attached hydrogens (tertiary/aromatic N) is 4. The van der Waals surface area contributed by atoms with Crippen LogP contribution in [0.3, 0.4) is 0 Å². The Morgan fingerprint density at radius 3 is 1.37 bits per heavy atom. The smallest absolute Gasteiger partial charge is 0.407 e. The van der Waals surface area contributed by atoms with Crippen molar-refractivity contribution in [2.45, 2.75) is 26.3 Å². The van der Waals surface area contributed by atoms with Crippen LogP contribution in [-0.4, -0.2) is 32.6 Å². The van der Waals surface area contributed by atoms with E-state index in [-0.39, 0.29) is 38.0 Å². The van der Waals surface area contributed by atoms with Crippen LogP contribution in [-0.2, 0) is 35.8 Å². The van der Waals surface area contributed by atoms with Crippen LogP contribution >= 0.6 is 0 Å². The third-order valence-corrected chi connectivity index (χ3v) is 3.77. The fourth-order valence-electron chi connectivity index (χ4n) is 2.26. The lowest BCUT2D eigenvalue weighted by Crippen LogP contribution is -2.27. The molecule has 0 unspecified atom stereocenters. The maximum absolute atomic E-state index is 11.7. The van der Waals surface area contributed by atoms with E-state index in [9.17, 15) is 9.59 Å². The van der Waals surface area contributed by atoms with E-state index in [1.165, 1.54) is 0 Å². The third-order valence-electron chi connectivity index (χ3n) is 3.77. The number of carbonyl (C=O) groups is 2. The molecule has 0 aliphatic carbocycles. The molecule has 0 saturated heterocycles. The Labute approximate surface area is 172 Å². The Bertz CT molecular complexity index is 860. The molecule has 1 aromatic heterocycles. The number of amides is 2. The second-order valence-electron chi connectivity index (χ2n) is 6.06. The van der Waals surface area contributed by atoms with Crippen LogP contribution in [0.15, 0.2) is 60.7 Å². The van der Waals surface area contributed by atoms with Crippen LogP contribution in [0.5, 0.6) is 0 Å². The molecule has 10 nitrogen and oxygen atoms in total. The molecule has 10 heteroatoms. The summed E-state index contributed by atoms with van der Waals surface area (Å²) in [4.78, 5) is 23.4. The number of nitrogens with one attached hydrogen (secondary N) is 2. The maximum atomic E-state index is 11.7. The SMILES string of the molecule is O=C(NCc1nnc(CNC(=O)OCc2ccccc2)nn1)OCc1ccccc1.